The minimum atomic E-state index is 0.997. The molecule has 0 aromatic heterocycles. The second kappa shape index (κ2) is 9.52. The molecule has 0 unspecified atom stereocenters. The summed E-state index contributed by atoms with van der Waals surface area (Å²) < 4.78 is 0. The summed E-state index contributed by atoms with van der Waals surface area (Å²) in [6.07, 6.45) is 5.92. The van der Waals surface area contributed by atoms with Gasteiger partial charge in [0.05, 0.1) is 0 Å². The van der Waals surface area contributed by atoms with E-state index in [0.717, 1.165) is 19.4 Å². The summed E-state index contributed by atoms with van der Waals surface area (Å²) in [6, 6.07) is 0. The van der Waals surface area contributed by atoms with Crippen molar-refractivity contribution in [2.75, 3.05) is 13.6 Å². The maximum atomic E-state index is 3.14. The number of hydrogen-bond donors (Lipinski definition) is 1. The molecule has 0 spiro atoms. The lowest BCUT2D eigenvalue weighted by Crippen LogP contribution is -2.06. The van der Waals surface area contributed by atoms with Crippen LogP contribution in [-0.4, -0.2) is 13.6 Å². The molecule has 0 aliphatic heterocycles. The molecule has 64 valence electrons. The molecule has 1 nitrogen and oxygen atoms in total. The molecule has 0 heterocycles. The number of hydrogen-bond acceptors (Lipinski definition) is 1. The number of unbranched alkanes of at least 4 members (excludes halogenated alkanes) is 3. The standard InChI is InChI=1S/C10H19N/c1-3-4-5-6-7-8-9-10-11-2/h11H,3,6-10H2,1-2H3. The number of nitrogens with one attached hydrogen (secondary N) is 1. The van der Waals surface area contributed by atoms with Crippen molar-refractivity contribution in [3.63, 3.8) is 0 Å². The summed E-state index contributed by atoms with van der Waals surface area (Å²) in [6.45, 7) is 3.23. The summed E-state index contributed by atoms with van der Waals surface area (Å²) in [7, 11) is 2.00. The highest BCUT2D eigenvalue weighted by molar-refractivity contribution is 4.97. The highest BCUT2D eigenvalue weighted by atomic mass is 14.8. The molecule has 0 aromatic carbocycles. The van der Waals surface area contributed by atoms with Crippen LogP contribution in [0.25, 0.3) is 0 Å². The first-order valence-electron chi connectivity index (χ1n) is 4.52. The monoisotopic (exact) mass is 153 g/mol. The van der Waals surface area contributed by atoms with Crippen LogP contribution in [0.1, 0.15) is 39.0 Å². The van der Waals surface area contributed by atoms with Crippen molar-refractivity contribution < 1.29 is 0 Å². The molecule has 0 bridgehead atoms. The van der Waals surface area contributed by atoms with Gasteiger partial charge in [-0.1, -0.05) is 13.3 Å². The molecule has 0 fully saturated rings. The molecule has 0 saturated carbocycles. The van der Waals surface area contributed by atoms with E-state index >= 15 is 0 Å². The molecule has 0 atom stereocenters. The van der Waals surface area contributed by atoms with Crippen molar-refractivity contribution in [1.82, 2.24) is 5.32 Å². The maximum absolute atomic E-state index is 3.14. The van der Waals surface area contributed by atoms with E-state index in [0.29, 0.717) is 0 Å². The van der Waals surface area contributed by atoms with Gasteiger partial charge in [-0.2, -0.15) is 0 Å². The van der Waals surface area contributed by atoms with Crippen molar-refractivity contribution in [2.45, 2.75) is 39.0 Å². The van der Waals surface area contributed by atoms with E-state index in [1.807, 2.05) is 7.05 Å². The van der Waals surface area contributed by atoms with E-state index in [1.54, 1.807) is 0 Å². The van der Waals surface area contributed by atoms with E-state index in [-0.39, 0.29) is 0 Å². The largest absolute Gasteiger partial charge is 0.320 e. The van der Waals surface area contributed by atoms with Gasteiger partial charge in [0.2, 0.25) is 0 Å². The highest BCUT2D eigenvalue weighted by Gasteiger charge is 1.84. The average Bonchev–Trinajstić information content (AvgIpc) is 2.03. The average molecular weight is 153 g/mol. The molecule has 1 N–H and O–H groups in total. The van der Waals surface area contributed by atoms with Gasteiger partial charge in [0.15, 0.2) is 0 Å². The zero-order chi connectivity index (χ0) is 8.36. The van der Waals surface area contributed by atoms with E-state index in [2.05, 4.69) is 24.1 Å². The smallest absolute Gasteiger partial charge is 0.00886 e. The van der Waals surface area contributed by atoms with Crippen LogP contribution in [0.4, 0.5) is 0 Å². The normalized spacial score (nSPS) is 8.91. The van der Waals surface area contributed by atoms with Crippen molar-refractivity contribution >= 4 is 0 Å². The van der Waals surface area contributed by atoms with Gasteiger partial charge in [-0.15, -0.1) is 11.8 Å². The summed E-state index contributed by atoms with van der Waals surface area (Å²) in [4.78, 5) is 0. The Morgan fingerprint density at radius 3 is 2.55 bits per heavy atom. The molecule has 0 aliphatic rings. The Hall–Kier alpha value is -0.480. The minimum absolute atomic E-state index is 0.997. The van der Waals surface area contributed by atoms with Gasteiger partial charge >= 0.3 is 0 Å². The third-order valence-electron chi connectivity index (χ3n) is 1.53. The van der Waals surface area contributed by atoms with Crippen LogP contribution in [0.15, 0.2) is 0 Å². The molecule has 1 heteroatoms. The van der Waals surface area contributed by atoms with Gasteiger partial charge in [-0.25, -0.2) is 0 Å². The van der Waals surface area contributed by atoms with Gasteiger partial charge in [0, 0.05) is 12.8 Å². The van der Waals surface area contributed by atoms with Crippen LogP contribution in [0, 0.1) is 11.8 Å². The summed E-state index contributed by atoms with van der Waals surface area (Å²) in [5.74, 6) is 6.22. The lowest BCUT2D eigenvalue weighted by molar-refractivity contribution is 0.651. The maximum Gasteiger partial charge on any atom is 0.00886 e. The fraction of sp³-hybridized carbons (Fsp3) is 0.800. The molecule has 11 heavy (non-hydrogen) atoms. The quantitative estimate of drug-likeness (QED) is 0.471. The second-order valence-corrected chi connectivity index (χ2v) is 2.62. The minimum Gasteiger partial charge on any atom is -0.320 e. The molecule has 0 aromatic rings. The predicted molar refractivity (Wildman–Crippen MR) is 50.5 cm³/mol. The zero-order valence-corrected chi connectivity index (χ0v) is 7.74. The molecule has 0 amide bonds. The molecule has 0 saturated heterocycles. The Balaban J connectivity index is 2.90. The summed E-state index contributed by atoms with van der Waals surface area (Å²) in [5.41, 5.74) is 0. The van der Waals surface area contributed by atoms with Crippen molar-refractivity contribution in [3.05, 3.63) is 0 Å². The van der Waals surface area contributed by atoms with E-state index in [1.165, 1.54) is 19.3 Å². The molecule has 0 radical (unpaired) electrons. The highest BCUT2D eigenvalue weighted by Crippen LogP contribution is 1.96. The molecular formula is C10H19N. The number of rotatable bonds is 5. The summed E-state index contributed by atoms with van der Waals surface area (Å²) in [5, 5.41) is 3.13. The molecule has 0 aliphatic carbocycles. The van der Waals surface area contributed by atoms with Crippen molar-refractivity contribution in [2.24, 2.45) is 0 Å². The lowest BCUT2D eigenvalue weighted by Gasteiger charge is -1.95. The van der Waals surface area contributed by atoms with Gasteiger partial charge in [-0.05, 0) is 26.4 Å². The van der Waals surface area contributed by atoms with E-state index < -0.39 is 0 Å². The first-order chi connectivity index (χ1) is 5.41. The Kier molecular flexibility index (Phi) is 9.10. The van der Waals surface area contributed by atoms with Crippen LogP contribution in [0.5, 0.6) is 0 Å². The topological polar surface area (TPSA) is 12.0 Å². The van der Waals surface area contributed by atoms with Crippen LogP contribution < -0.4 is 5.32 Å². The Morgan fingerprint density at radius 2 is 1.91 bits per heavy atom. The summed E-state index contributed by atoms with van der Waals surface area (Å²) >= 11 is 0. The van der Waals surface area contributed by atoms with Crippen molar-refractivity contribution in [1.29, 1.82) is 0 Å². The lowest BCUT2D eigenvalue weighted by atomic mass is 10.2. The van der Waals surface area contributed by atoms with Gasteiger partial charge in [0.1, 0.15) is 0 Å². The van der Waals surface area contributed by atoms with Crippen LogP contribution in [0.3, 0.4) is 0 Å². The molecule has 0 rings (SSSR count). The first-order valence-corrected chi connectivity index (χ1v) is 4.52. The Labute approximate surface area is 70.6 Å². The fourth-order valence-electron chi connectivity index (χ4n) is 0.905. The predicted octanol–water partition coefficient (Wildman–Crippen LogP) is 2.18. The first kappa shape index (κ1) is 10.5. The van der Waals surface area contributed by atoms with Gasteiger partial charge in [-0.3, -0.25) is 0 Å². The van der Waals surface area contributed by atoms with Crippen LogP contribution in [0.2, 0.25) is 0 Å². The van der Waals surface area contributed by atoms with Gasteiger partial charge < -0.3 is 5.32 Å². The van der Waals surface area contributed by atoms with Crippen LogP contribution in [-0.2, 0) is 0 Å². The molecular weight excluding hydrogens is 134 g/mol. The van der Waals surface area contributed by atoms with Gasteiger partial charge in [0.25, 0.3) is 0 Å². The third-order valence-corrected chi connectivity index (χ3v) is 1.53. The SMILES string of the molecule is CCC#CCCCCCNC. The van der Waals surface area contributed by atoms with Crippen LogP contribution >= 0.6 is 0 Å². The van der Waals surface area contributed by atoms with E-state index in [4.69, 9.17) is 0 Å². The second-order valence-electron chi connectivity index (χ2n) is 2.62. The van der Waals surface area contributed by atoms with Crippen molar-refractivity contribution in [3.8, 4) is 11.8 Å². The fourth-order valence-corrected chi connectivity index (χ4v) is 0.905. The Bertz CT molecular complexity index is 119. The Morgan fingerprint density at radius 1 is 1.09 bits per heavy atom. The zero-order valence-electron chi connectivity index (χ0n) is 7.74. The third kappa shape index (κ3) is 9.52. The van der Waals surface area contributed by atoms with E-state index in [9.17, 15) is 0 Å².